The molecule has 1 N–H and O–H groups in total. The van der Waals surface area contributed by atoms with Crippen LogP contribution in [0.3, 0.4) is 0 Å². The highest BCUT2D eigenvalue weighted by molar-refractivity contribution is 5.40. The van der Waals surface area contributed by atoms with E-state index in [1.54, 1.807) is 0 Å². The van der Waals surface area contributed by atoms with E-state index in [1.165, 1.54) is 22.3 Å². The molecule has 0 saturated heterocycles. The fourth-order valence-electron chi connectivity index (χ4n) is 4.12. The van der Waals surface area contributed by atoms with Crippen molar-refractivity contribution in [3.63, 3.8) is 0 Å². The molecular weight excluding hydrogens is 330 g/mol. The molecule has 0 saturated carbocycles. The molecule has 2 unspecified atom stereocenters. The average molecular weight is 357 g/mol. The Morgan fingerprint density at radius 1 is 0.852 bits per heavy atom. The van der Waals surface area contributed by atoms with Crippen LogP contribution in [0, 0.1) is 0 Å². The van der Waals surface area contributed by atoms with Crippen LogP contribution < -0.4 is 10.1 Å². The molecule has 2 heteroatoms. The molecule has 138 valence electrons. The molecule has 3 aromatic carbocycles. The van der Waals surface area contributed by atoms with Gasteiger partial charge in [-0.25, -0.2) is 0 Å². The molecule has 3 aromatic rings. The number of rotatable bonds is 7. The monoisotopic (exact) mass is 357 g/mol. The van der Waals surface area contributed by atoms with Gasteiger partial charge in [0.05, 0.1) is 0 Å². The highest BCUT2D eigenvalue weighted by Gasteiger charge is 2.31. The van der Waals surface area contributed by atoms with Crippen LogP contribution in [0.4, 0.5) is 0 Å². The van der Waals surface area contributed by atoms with Gasteiger partial charge in [-0.2, -0.15) is 0 Å². The summed E-state index contributed by atoms with van der Waals surface area (Å²) in [6, 6.07) is 28.3. The van der Waals surface area contributed by atoms with Crippen LogP contribution in [0.1, 0.15) is 35.1 Å². The van der Waals surface area contributed by atoms with E-state index in [4.69, 9.17) is 4.74 Å². The van der Waals surface area contributed by atoms with Gasteiger partial charge < -0.3 is 10.1 Å². The van der Waals surface area contributed by atoms with Crippen molar-refractivity contribution < 1.29 is 4.74 Å². The van der Waals surface area contributed by atoms with Crippen molar-refractivity contribution in [2.45, 2.75) is 38.3 Å². The summed E-state index contributed by atoms with van der Waals surface area (Å²) in [5, 5.41) is 3.69. The van der Waals surface area contributed by atoms with Crippen LogP contribution >= 0.6 is 0 Å². The summed E-state index contributed by atoms with van der Waals surface area (Å²) in [6.45, 7) is 3.82. The molecule has 27 heavy (non-hydrogen) atoms. The highest BCUT2D eigenvalue weighted by atomic mass is 16.5. The summed E-state index contributed by atoms with van der Waals surface area (Å²) in [7, 11) is 0. The Hall–Kier alpha value is -2.58. The third-order valence-corrected chi connectivity index (χ3v) is 5.47. The molecule has 2 atom stereocenters. The molecule has 0 fully saturated rings. The Morgan fingerprint density at radius 3 is 2.37 bits per heavy atom. The number of likely N-dealkylation sites (N-methyl/N-ethyl adjacent to an activating group) is 1. The highest BCUT2D eigenvalue weighted by Crippen LogP contribution is 2.36. The van der Waals surface area contributed by atoms with Crippen LogP contribution in [-0.2, 0) is 19.4 Å². The van der Waals surface area contributed by atoms with Crippen LogP contribution in [0.25, 0.3) is 0 Å². The smallest absolute Gasteiger partial charge is 0.119 e. The van der Waals surface area contributed by atoms with E-state index in [0.29, 0.717) is 18.6 Å². The third kappa shape index (κ3) is 4.23. The summed E-state index contributed by atoms with van der Waals surface area (Å²) in [6.07, 6.45) is 2.20. The van der Waals surface area contributed by atoms with Crippen molar-refractivity contribution in [1.29, 1.82) is 0 Å². The van der Waals surface area contributed by atoms with E-state index >= 15 is 0 Å². The molecule has 0 aromatic heterocycles. The summed E-state index contributed by atoms with van der Waals surface area (Å²) >= 11 is 0. The lowest BCUT2D eigenvalue weighted by Gasteiger charge is -2.21. The zero-order valence-corrected chi connectivity index (χ0v) is 15.9. The molecular formula is C25H27NO. The lowest BCUT2D eigenvalue weighted by atomic mass is 9.91. The van der Waals surface area contributed by atoms with Crippen LogP contribution in [0.2, 0.25) is 0 Å². The van der Waals surface area contributed by atoms with Crippen molar-refractivity contribution in [1.82, 2.24) is 5.32 Å². The van der Waals surface area contributed by atoms with Crippen LogP contribution in [0.15, 0.2) is 78.9 Å². The number of hydrogen-bond donors (Lipinski definition) is 1. The maximum Gasteiger partial charge on any atom is 0.119 e. The van der Waals surface area contributed by atoms with Gasteiger partial charge in [-0.3, -0.25) is 0 Å². The first-order chi connectivity index (χ1) is 13.3. The molecule has 1 aliphatic carbocycles. The molecule has 4 rings (SSSR count). The van der Waals surface area contributed by atoms with Crippen molar-refractivity contribution >= 4 is 0 Å². The minimum absolute atomic E-state index is 0.529. The Labute approximate surface area is 162 Å². The minimum Gasteiger partial charge on any atom is -0.489 e. The van der Waals surface area contributed by atoms with Gasteiger partial charge in [0, 0.05) is 12.0 Å². The van der Waals surface area contributed by atoms with Gasteiger partial charge in [0.15, 0.2) is 0 Å². The number of benzene rings is 3. The first kappa shape index (κ1) is 17.8. The fraction of sp³-hybridized carbons (Fsp3) is 0.280. The molecule has 0 bridgehead atoms. The fourth-order valence-corrected chi connectivity index (χ4v) is 4.12. The zero-order chi connectivity index (χ0) is 18.5. The maximum atomic E-state index is 5.92. The second-order valence-electron chi connectivity index (χ2n) is 7.30. The number of fused-ring (bicyclic) bond motifs is 1. The van der Waals surface area contributed by atoms with Gasteiger partial charge in [0.1, 0.15) is 12.4 Å². The van der Waals surface area contributed by atoms with Gasteiger partial charge in [0.25, 0.3) is 0 Å². The van der Waals surface area contributed by atoms with E-state index in [1.807, 2.05) is 18.2 Å². The minimum atomic E-state index is 0.529. The first-order valence-electron chi connectivity index (χ1n) is 9.90. The van der Waals surface area contributed by atoms with E-state index in [9.17, 15) is 0 Å². The Morgan fingerprint density at radius 2 is 1.59 bits per heavy atom. The van der Waals surface area contributed by atoms with Crippen molar-refractivity contribution in [3.8, 4) is 5.75 Å². The molecule has 0 radical (unpaired) electrons. The quantitative estimate of drug-likeness (QED) is 0.633. The summed E-state index contributed by atoms with van der Waals surface area (Å²) in [4.78, 5) is 0. The SMILES string of the molecule is CCNC1Cc2ccccc2C1Cc1ccc(OCc2ccccc2)cc1. The van der Waals surface area contributed by atoms with Crippen molar-refractivity contribution in [2.24, 2.45) is 0 Å². The predicted octanol–water partition coefficient (Wildman–Crippen LogP) is 5.13. The van der Waals surface area contributed by atoms with E-state index in [0.717, 1.165) is 25.1 Å². The number of hydrogen-bond acceptors (Lipinski definition) is 2. The van der Waals surface area contributed by atoms with E-state index in [-0.39, 0.29) is 0 Å². The van der Waals surface area contributed by atoms with Gasteiger partial charge in [-0.15, -0.1) is 0 Å². The van der Waals surface area contributed by atoms with Crippen LogP contribution in [-0.4, -0.2) is 12.6 Å². The topological polar surface area (TPSA) is 21.3 Å². The normalized spacial score (nSPS) is 18.3. The Bertz CT molecular complexity index is 857. The first-order valence-corrected chi connectivity index (χ1v) is 9.90. The van der Waals surface area contributed by atoms with Gasteiger partial charge in [-0.05, 0) is 53.8 Å². The second kappa shape index (κ2) is 8.41. The lowest BCUT2D eigenvalue weighted by Crippen LogP contribution is -2.33. The molecule has 0 heterocycles. The standard InChI is InChI=1S/C25H27NO/c1-2-26-25-17-21-10-6-7-11-23(21)24(25)16-19-12-14-22(15-13-19)27-18-20-8-4-3-5-9-20/h3-15,24-26H,2,16-18H2,1H3. The van der Waals surface area contributed by atoms with E-state index < -0.39 is 0 Å². The Kier molecular flexibility index (Phi) is 5.55. The zero-order valence-electron chi connectivity index (χ0n) is 15.9. The van der Waals surface area contributed by atoms with Crippen LogP contribution in [0.5, 0.6) is 5.75 Å². The Balaban J connectivity index is 1.43. The summed E-state index contributed by atoms with van der Waals surface area (Å²) in [5.41, 5.74) is 5.56. The molecule has 1 aliphatic rings. The van der Waals surface area contributed by atoms with Crippen molar-refractivity contribution in [2.75, 3.05) is 6.54 Å². The predicted molar refractivity (Wildman–Crippen MR) is 111 cm³/mol. The van der Waals surface area contributed by atoms with Gasteiger partial charge >= 0.3 is 0 Å². The lowest BCUT2D eigenvalue weighted by molar-refractivity contribution is 0.306. The third-order valence-electron chi connectivity index (χ3n) is 5.47. The summed E-state index contributed by atoms with van der Waals surface area (Å²) in [5.74, 6) is 1.47. The maximum absolute atomic E-state index is 5.92. The summed E-state index contributed by atoms with van der Waals surface area (Å²) < 4.78 is 5.92. The van der Waals surface area contributed by atoms with Gasteiger partial charge in [-0.1, -0.05) is 73.7 Å². The van der Waals surface area contributed by atoms with E-state index in [2.05, 4.69) is 72.9 Å². The molecule has 2 nitrogen and oxygen atoms in total. The average Bonchev–Trinajstić information content (AvgIpc) is 3.06. The number of nitrogens with one attached hydrogen (secondary N) is 1. The largest absolute Gasteiger partial charge is 0.489 e. The van der Waals surface area contributed by atoms with Crippen molar-refractivity contribution in [3.05, 3.63) is 101 Å². The number of ether oxygens (including phenoxy) is 1. The second-order valence-corrected chi connectivity index (χ2v) is 7.30. The van der Waals surface area contributed by atoms with Gasteiger partial charge in [0.2, 0.25) is 0 Å². The molecule has 0 aliphatic heterocycles. The molecule has 0 amide bonds. The molecule has 0 spiro atoms.